The van der Waals surface area contributed by atoms with Crippen LogP contribution >= 0.6 is 0 Å². The van der Waals surface area contributed by atoms with Gasteiger partial charge >= 0.3 is 6.18 Å². The molecule has 2 aromatic rings. The Labute approximate surface area is 112 Å². The molecule has 0 aliphatic carbocycles. The molecule has 0 spiro atoms. The van der Waals surface area contributed by atoms with Gasteiger partial charge in [-0.3, -0.25) is 0 Å². The number of ether oxygens (including phenoxy) is 1. The standard InChI is InChI=1S/C14H10F4O2/c15-10-5-9(8-19)6-11(7-10)20-13-4-2-1-3-12(13)14(16,17)18/h1-7,19H,8H2. The van der Waals surface area contributed by atoms with Gasteiger partial charge in [0.05, 0.1) is 12.2 Å². The fourth-order valence-electron chi connectivity index (χ4n) is 1.69. The van der Waals surface area contributed by atoms with E-state index in [2.05, 4.69) is 0 Å². The van der Waals surface area contributed by atoms with Crippen LogP contribution in [0.3, 0.4) is 0 Å². The molecule has 6 heteroatoms. The molecule has 0 unspecified atom stereocenters. The molecule has 0 atom stereocenters. The third-order valence-corrected chi connectivity index (χ3v) is 2.53. The Morgan fingerprint density at radius 2 is 1.75 bits per heavy atom. The lowest BCUT2D eigenvalue weighted by Gasteiger charge is -2.13. The summed E-state index contributed by atoms with van der Waals surface area (Å²) in [5.74, 6) is -1.23. The lowest BCUT2D eigenvalue weighted by atomic mass is 10.2. The Balaban J connectivity index is 2.38. The van der Waals surface area contributed by atoms with E-state index in [1.165, 1.54) is 18.2 Å². The van der Waals surface area contributed by atoms with Gasteiger partial charge < -0.3 is 9.84 Å². The van der Waals surface area contributed by atoms with E-state index in [4.69, 9.17) is 9.84 Å². The molecule has 0 bridgehead atoms. The van der Waals surface area contributed by atoms with Crippen molar-refractivity contribution in [2.75, 3.05) is 0 Å². The second-order valence-corrected chi connectivity index (χ2v) is 4.05. The van der Waals surface area contributed by atoms with Crippen LogP contribution in [0.1, 0.15) is 11.1 Å². The van der Waals surface area contributed by atoms with Gasteiger partial charge in [-0.25, -0.2) is 4.39 Å². The maximum atomic E-state index is 13.2. The Bertz CT molecular complexity index is 608. The molecule has 0 aliphatic heterocycles. The maximum Gasteiger partial charge on any atom is 0.419 e. The number of benzene rings is 2. The van der Waals surface area contributed by atoms with Crippen LogP contribution in [0.2, 0.25) is 0 Å². The highest BCUT2D eigenvalue weighted by molar-refractivity contribution is 5.40. The van der Waals surface area contributed by atoms with Crippen molar-refractivity contribution in [2.24, 2.45) is 0 Å². The molecule has 0 aromatic heterocycles. The molecule has 2 nitrogen and oxygen atoms in total. The van der Waals surface area contributed by atoms with E-state index in [-0.39, 0.29) is 11.3 Å². The zero-order valence-electron chi connectivity index (χ0n) is 10.1. The van der Waals surface area contributed by atoms with Crippen molar-refractivity contribution in [1.29, 1.82) is 0 Å². The summed E-state index contributed by atoms with van der Waals surface area (Å²) >= 11 is 0. The van der Waals surface area contributed by atoms with E-state index < -0.39 is 29.9 Å². The van der Waals surface area contributed by atoms with Crippen LogP contribution in [-0.4, -0.2) is 5.11 Å². The van der Waals surface area contributed by atoms with Crippen molar-refractivity contribution in [1.82, 2.24) is 0 Å². The minimum Gasteiger partial charge on any atom is -0.457 e. The summed E-state index contributed by atoms with van der Waals surface area (Å²) in [5, 5.41) is 8.93. The predicted octanol–water partition coefficient (Wildman–Crippen LogP) is 4.13. The van der Waals surface area contributed by atoms with Gasteiger partial charge in [-0.1, -0.05) is 12.1 Å². The fraction of sp³-hybridized carbons (Fsp3) is 0.143. The Morgan fingerprint density at radius 1 is 1.05 bits per heavy atom. The van der Waals surface area contributed by atoms with E-state index in [1.807, 2.05) is 0 Å². The molecule has 0 fully saturated rings. The second kappa shape index (κ2) is 5.50. The number of hydrogen-bond donors (Lipinski definition) is 1. The fourth-order valence-corrected chi connectivity index (χ4v) is 1.69. The highest BCUT2D eigenvalue weighted by Crippen LogP contribution is 2.38. The predicted molar refractivity (Wildman–Crippen MR) is 63.8 cm³/mol. The number of rotatable bonds is 3. The third-order valence-electron chi connectivity index (χ3n) is 2.53. The molecule has 0 amide bonds. The van der Waals surface area contributed by atoms with Gasteiger partial charge in [-0.05, 0) is 29.8 Å². The first-order valence-corrected chi connectivity index (χ1v) is 5.64. The summed E-state index contributed by atoms with van der Waals surface area (Å²) in [7, 11) is 0. The van der Waals surface area contributed by atoms with Gasteiger partial charge in [0, 0.05) is 6.07 Å². The van der Waals surface area contributed by atoms with Crippen LogP contribution < -0.4 is 4.74 Å². The van der Waals surface area contributed by atoms with Crippen LogP contribution in [0.4, 0.5) is 17.6 Å². The molecule has 0 saturated heterocycles. The first-order chi connectivity index (χ1) is 9.40. The first kappa shape index (κ1) is 14.3. The van der Waals surface area contributed by atoms with Gasteiger partial charge in [0.15, 0.2) is 0 Å². The summed E-state index contributed by atoms with van der Waals surface area (Å²) in [4.78, 5) is 0. The van der Waals surface area contributed by atoms with Crippen molar-refractivity contribution >= 4 is 0 Å². The summed E-state index contributed by atoms with van der Waals surface area (Å²) in [5.41, 5.74) is -0.737. The van der Waals surface area contributed by atoms with Crippen LogP contribution in [-0.2, 0) is 12.8 Å². The summed E-state index contributed by atoms with van der Waals surface area (Å²) in [6.07, 6.45) is -4.57. The smallest absolute Gasteiger partial charge is 0.419 e. The van der Waals surface area contributed by atoms with E-state index >= 15 is 0 Å². The average molecular weight is 286 g/mol. The molecule has 0 heterocycles. The van der Waals surface area contributed by atoms with Gasteiger partial charge in [0.2, 0.25) is 0 Å². The van der Waals surface area contributed by atoms with Gasteiger partial charge in [-0.2, -0.15) is 13.2 Å². The molecule has 106 valence electrons. The summed E-state index contributed by atoms with van der Waals surface area (Å²) < 4.78 is 56.7. The lowest BCUT2D eigenvalue weighted by molar-refractivity contribution is -0.138. The van der Waals surface area contributed by atoms with E-state index in [9.17, 15) is 17.6 Å². The highest BCUT2D eigenvalue weighted by atomic mass is 19.4. The normalized spacial score (nSPS) is 11.4. The van der Waals surface area contributed by atoms with Crippen LogP contribution in [0.5, 0.6) is 11.5 Å². The molecular weight excluding hydrogens is 276 g/mol. The van der Waals surface area contributed by atoms with Crippen LogP contribution in [0.15, 0.2) is 42.5 Å². The third kappa shape index (κ3) is 3.27. The molecule has 0 aliphatic rings. The Morgan fingerprint density at radius 3 is 2.40 bits per heavy atom. The molecule has 1 N–H and O–H groups in total. The van der Waals surface area contributed by atoms with E-state index in [0.29, 0.717) is 0 Å². The minimum atomic E-state index is -4.57. The van der Waals surface area contributed by atoms with Crippen LogP contribution in [0.25, 0.3) is 0 Å². The van der Waals surface area contributed by atoms with Crippen molar-refractivity contribution in [3.63, 3.8) is 0 Å². The Hall–Kier alpha value is -2.08. The Kier molecular flexibility index (Phi) is 3.94. The second-order valence-electron chi connectivity index (χ2n) is 4.05. The number of aliphatic hydroxyl groups excluding tert-OH is 1. The topological polar surface area (TPSA) is 29.5 Å². The van der Waals surface area contributed by atoms with Gasteiger partial charge in [-0.15, -0.1) is 0 Å². The highest BCUT2D eigenvalue weighted by Gasteiger charge is 2.34. The molecule has 0 radical (unpaired) electrons. The monoisotopic (exact) mass is 286 g/mol. The van der Waals surface area contributed by atoms with Crippen molar-refractivity contribution in [3.05, 3.63) is 59.4 Å². The van der Waals surface area contributed by atoms with Crippen molar-refractivity contribution in [3.8, 4) is 11.5 Å². The molecular formula is C14H10F4O2. The summed E-state index contributed by atoms with van der Waals surface area (Å²) in [6.45, 7) is -0.435. The molecule has 20 heavy (non-hydrogen) atoms. The van der Waals surface area contributed by atoms with Gasteiger partial charge in [0.25, 0.3) is 0 Å². The van der Waals surface area contributed by atoms with Crippen molar-refractivity contribution in [2.45, 2.75) is 12.8 Å². The largest absolute Gasteiger partial charge is 0.457 e. The number of halogens is 4. The van der Waals surface area contributed by atoms with Gasteiger partial charge in [0.1, 0.15) is 17.3 Å². The lowest BCUT2D eigenvalue weighted by Crippen LogP contribution is -2.06. The zero-order chi connectivity index (χ0) is 14.8. The van der Waals surface area contributed by atoms with Crippen LogP contribution in [0, 0.1) is 5.82 Å². The first-order valence-electron chi connectivity index (χ1n) is 5.64. The van der Waals surface area contributed by atoms with Crippen molar-refractivity contribution < 1.29 is 27.4 Å². The molecule has 0 saturated carbocycles. The quantitative estimate of drug-likeness (QED) is 0.860. The number of para-hydroxylation sites is 1. The SMILES string of the molecule is OCc1cc(F)cc(Oc2ccccc2C(F)(F)F)c1. The van der Waals surface area contributed by atoms with E-state index in [0.717, 1.165) is 24.3 Å². The number of aliphatic hydroxyl groups is 1. The minimum absolute atomic E-state index is 0.106. The molecule has 2 aromatic carbocycles. The molecule has 2 rings (SSSR count). The summed E-state index contributed by atoms with van der Waals surface area (Å²) in [6, 6.07) is 7.94. The van der Waals surface area contributed by atoms with E-state index in [1.54, 1.807) is 0 Å². The zero-order valence-corrected chi connectivity index (χ0v) is 10.1. The number of hydrogen-bond acceptors (Lipinski definition) is 2. The average Bonchev–Trinajstić information content (AvgIpc) is 2.37. The maximum absolute atomic E-state index is 13.2. The number of alkyl halides is 3.